The Morgan fingerprint density at radius 1 is 1.30 bits per heavy atom. The van der Waals surface area contributed by atoms with Crippen LogP contribution >= 0.6 is 0 Å². The van der Waals surface area contributed by atoms with Gasteiger partial charge in [-0.25, -0.2) is 8.42 Å². The van der Waals surface area contributed by atoms with Gasteiger partial charge in [0.1, 0.15) is 0 Å². The van der Waals surface area contributed by atoms with Crippen LogP contribution in [-0.2, 0) is 10.0 Å². The number of nitrogens with zero attached hydrogens (tertiary/aromatic N) is 2. The fraction of sp³-hybridized carbons (Fsp3) is 0.500. The number of sulfonamides is 1. The molecule has 0 radical (unpaired) electrons. The summed E-state index contributed by atoms with van der Waals surface area (Å²) in [5, 5.41) is 18.7. The molecule has 2 aliphatic rings. The van der Waals surface area contributed by atoms with Gasteiger partial charge < -0.3 is 5.11 Å². The number of hydrogen-bond acceptors (Lipinski definition) is 4. The van der Waals surface area contributed by atoms with E-state index < -0.39 is 10.0 Å². The molecular formula is C14H16N2O3S. The summed E-state index contributed by atoms with van der Waals surface area (Å²) in [6.07, 6.45) is 1.27. The molecule has 2 fully saturated rings. The smallest absolute Gasteiger partial charge is 0.243 e. The lowest BCUT2D eigenvalue weighted by atomic mass is 10.00. The molecule has 1 N–H and O–H groups in total. The van der Waals surface area contributed by atoms with Crippen LogP contribution in [0.25, 0.3) is 0 Å². The first-order valence-corrected chi connectivity index (χ1v) is 8.15. The van der Waals surface area contributed by atoms with Crippen molar-refractivity contribution in [3.05, 3.63) is 29.8 Å². The molecule has 1 aliphatic carbocycles. The largest absolute Gasteiger partial charge is 0.393 e. The van der Waals surface area contributed by atoms with E-state index in [9.17, 15) is 13.5 Å². The molecule has 0 aromatic heterocycles. The molecule has 5 nitrogen and oxygen atoms in total. The van der Waals surface area contributed by atoms with Gasteiger partial charge in [-0.2, -0.15) is 9.57 Å². The Bertz CT molecular complexity index is 665. The van der Waals surface area contributed by atoms with Crippen molar-refractivity contribution in [1.29, 1.82) is 5.26 Å². The molecular weight excluding hydrogens is 276 g/mol. The van der Waals surface area contributed by atoms with E-state index in [0.29, 0.717) is 18.7 Å². The lowest BCUT2D eigenvalue weighted by Crippen LogP contribution is -2.31. The molecule has 20 heavy (non-hydrogen) atoms. The quantitative estimate of drug-likeness (QED) is 0.880. The van der Waals surface area contributed by atoms with Crippen molar-refractivity contribution in [1.82, 2.24) is 4.31 Å². The van der Waals surface area contributed by atoms with E-state index in [2.05, 4.69) is 0 Å². The minimum absolute atomic E-state index is 0.0592. The lowest BCUT2D eigenvalue weighted by molar-refractivity contribution is 0.129. The maximum atomic E-state index is 12.6. The maximum absolute atomic E-state index is 12.6. The standard InChI is InChI=1S/C14H16N2O3S/c15-7-10-2-1-3-12(6-10)20(18,19)16-8-11-4-5-14(17)13(11)9-16/h1-3,6,11,13-14,17H,4-5,8-9H2. The normalized spacial score (nSPS) is 30.1. The van der Waals surface area contributed by atoms with Crippen molar-refractivity contribution in [2.75, 3.05) is 13.1 Å². The monoisotopic (exact) mass is 292 g/mol. The van der Waals surface area contributed by atoms with Crippen molar-refractivity contribution >= 4 is 10.0 Å². The Balaban J connectivity index is 1.88. The molecule has 1 heterocycles. The molecule has 1 aromatic carbocycles. The number of hydrogen-bond donors (Lipinski definition) is 1. The van der Waals surface area contributed by atoms with Crippen LogP contribution in [0.4, 0.5) is 0 Å². The lowest BCUT2D eigenvalue weighted by Gasteiger charge is -2.18. The number of nitriles is 1. The van der Waals surface area contributed by atoms with Crippen LogP contribution in [0.15, 0.2) is 29.2 Å². The molecule has 0 amide bonds. The molecule has 3 rings (SSSR count). The fourth-order valence-corrected chi connectivity index (χ4v) is 4.85. The van der Waals surface area contributed by atoms with Crippen molar-refractivity contribution in [2.24, 2.45) is 11.8 Å². The van der Waals surface area contributed by atoms with Gasteiger partial charge in [0.25, 0.3) is 0 Å². The molecule has 106 valence electrons. The van der Waals surface area contributed by atoms with E-state index in [1.54, 1.807) is 12.1 Å². The van der Waals surface area contributed by atoms with Gasteiger partial charge in [0.2, 0.25) is 10.0 Å². The van der Waals surface area contributed by atoms with Crippen LogP contribution in [-0.4, -0.2) is 37.0 Å². The van der Waals surface area contributed by atoms with E-state index >= 15 is 0 Å². The summed E-state index contributed by atoms with van der Waals surface area (Å²) in [5.74, 6) is 0.322. The summed E-state index contributed by atoms with van der Waals surface area (Å²) >= 11 is 0. The zero-order valence-electron chi connectivity index (χ0n) is 10.9. The summed E-state index contributed by atoms with van der Waals surface area (Å²) in [5.41, 5.74) is 0.338. The molecule has 0 bridgehead atoms. The highest BCUT2D eigenvalue weighted by Crippen LogP contribution is 2.40. The van der Waals surface area contributed by atoms with Gasteiger partial charge in [-0.05, 0) is 37.0 Å². The van der Waals surface area contributed by atoms with Gasteiger partial charge in [0.05, 0.1) is 22.6 Å². The zero-order valence-corrected chi connectivity index (χ0v) is 11.8. The third-order valence-corrected chi connectivity index (χ3v) is 6.21. The van der Waals surface area contributed by atoms with Gasteiger partial charge in [-0.3, -0.25) is 0 Å². The summed E-state index contributed by atoms with van der Waals surface area (Å²) < 4.78 is 26.6. The van der Waals surface area contributed by atoms with Crippen molar-refractivity contribution in [2.45, 2.75) is 23.8 Å². The molecule has 1 aromatic rings. The van der Waals surface area contributed by atoms with Crippen LogP contribution in [0.5, 0.6) is 0 Å². The first kappa shape index (κ1) is 13.6. The molecule has 1 saturated carbocycles. The van der Waals surface area contributed by atoms with Crippen LogP contribution in [0, 0.1) is 23.2 Å². The second-order valence-electron chi connectivity index (χ2n) is 5.53. The molecule has 1 aliphatic heterocycles. The van der Waals surface area contributed by atoms with Gasteiger partial charge in [-0.15, -0.1) is 0 Å². The minimum Gasteiger partial charge on any atom is -0.393 e. The number of rotatable bonds is 2. The topological polar surface area (TPSA) is 81.4 Å². The zero-order chi connectivity index (χ0) is 14.3. The number of aliphatic hydroxyl groups is 1. The highest BCUT2D eigenvalue weighted by molar-refractivity contribution is 7.89. The van der Waals surface area contributed by atoms with E-state index in [1.165, 1.54) is 16.4 Å². The maximum Gasteiger partial charge on any atom is 0.243 e. The predicted octanol–water partition coefficient (Wildman–Crippen LogP) is 0.950. The molecule has 3 atom stereocenters. The average molecular weight is 292 g/mol. The van der Waals surface area contributed by atoms with Crippen molar-refractivity contribution in [3.63, 3.8) is 0 Å². The highest BCUT2D eigenvalue weighted by Gasteiger charge is 2.45. The van der Waals surface area contributed by atoms with E-state index in [0.717, 1.165) is 12.8 Å². The summed E-state index contributed by atoms with van der Waals surface area (Å²) in [4.78, 5) is 0.158. The Kier molecular flexibility index (Phi) is 3.28. The summed E-state index contributed by atoms with van der Waals surface area (Å²) in [7, 11) is -3.57. The van der Waals surface area contributed by atoms with Crippen LogP contribution in [0.2, 0.25) is 0 Å². The second kappa shape index (κ2) is 4.85. The molecule has 0 spiro atoms. The SMILES string of the molecule is N#Cc1cccc(S(=O)(=O)N2CC3CCC(O)C3C2)c1. The minimum atomic E-state index is -3.57. The number of fused-ring (bicyclic) bond motifs is 1. The van der Waals surface area contributed by atoms with Crippen LogP contribution < -0.4 is 0 Å². The molecule has 1 saturated heterocycles. The van der Waals surface area contributed by atoms with E-state index in [4.69, 9.17) is 5.26 Å². The molecule has 3 unspecified atom stereocenters. The van der Waals surface area contributed by atoms with Crippen LogP contribution in [0.3, 0.4) is 0 Å². The second-order valence-corrected chi connectivity index (χ2v) is 7.47. The third kappa shape index (κ3) is 2.12. The van der Waals surface area contributed by atoms with Crippen molar-refractivity contribution < 1.29 is 13.5 Å². The van der Waals surface area contributed by atoms with Crippen molar-refractivity contribution in [3.8, 4) is 6.07 Å². The molecule has 6 heteroatoms. The first-order chi connectivity index (χ1) is 9.52. The fourth-order valence-electron chi connectivity index (χ4n) is 3.27. The summed E-state index contributed by atoms with van der Waals surface area (Å²) in [6, 6.07) is 8.04. The third-order valence-electron chi connectivity index (χ3n) is 4.39. The van der Waals surface area contributed by atoms with Crippen LogP contribution in [0.1, 0.15) is 18.4 Å². The van der Waals surface area contributed by atoms with Gasteiger partial charge >= 0.3 is 0 Å². The predicted molar refractivity (Wildman–Crippen MR) is 72.1 cm³/mol. The van der Waals surface area contributed by atoms with Gasteiger partial charge in [0.15, 0.2) is 0 Å². The number of aliphatic hydroxyl groups excluding tert-OH is 1. The Hall–Kier alpha value is -1.42. The average Bonchev–Trinajstić information content (AvgIpc) is 3.02. The van der Waals surface area contributed by atoms with Gasteiger partial charge in [0, 0.05) is 19.0 Å². The summed E-state index contributed by atoms with van der Waals surface area (Å²) in [6.45, 7) is 0.853. The van der Waals surface area contributed by atoms with Gasteiger partial charge in [-0.1, -0.05) is 6.07 Å². The highest BCUT2D eigenvalue weighted by atomic mass is 32.2. The Morgan fingerprint density at radius 2 is 2.10 bits per heavy atom. The number of benzene rings is 1. The van der Waals surface area contributed by atoms with E-state index in [-0.39, 0.29) is 22.8 Å². The van der Waals surface area contributed by atoms with E-state index in [1.807, 2.05) is 6.07 Å². The first-order valence-electron chi connectivity index (χ1n) is 6.71. The Labute approximate surface area is 118 Å². The Morgan fingerprint density at radius 3 is 2.80 bits per heavy atom.